The van der Waals surface area contributed by atoms with Crippen LogP contribution in [0.4, 0.5) is 0 Å². The van der Waals surface area contributed by atoms with E-state index in [9.17, 15) is 0 Å². The highest BCUT2D eigenvalue weighted by Gasteiger charge is 2.28. The first-order valence-electron chi connectivity index (χ1n) is 5.93. The summed E-state index contributed by atoms with van der Waals surface area (Å²) in [6, 6.07) is 0. The largest absolute Gasteiger partial charge is 0.357 e. The molecule has 0 fully saturated rings. The van der Waals surface area contributed by atoms with Crippen molar-refractivity contribution in [2.24, 2.45) is 4.99 Å². The van der Waals surface area contributed by atoms with Crippen molar-refractivity contribution in [3.05, 3.63) is 18.3 Å². The van der Waals surface area contributed by atoms with Crippen molar-refractivity contribution in [2.75, 3.05) is 12.3 Å². The van der Waals surface area contributed by atoms with Gasteiger partial charge in [0.2, 0.25) is 0 Å². The molecule has 0 radical (unpaired) electrons. The summed E-state index contributed by atoms with van der Waals surface area (Å²) in [5.41, 5.74) is 1.99. The van der Waals surface area contributed by atoms with E-state index in [1.165, 1.54) is 0 Å². The van der Waals surface area contributed by atoms with Gasteiger partial charge in [0.25, 0.3) is 0 Å². The minimum absolute atomic E-state index is 0.717. The summed E-state index contributed by atoms with van der Waals surface area (Å²) in [6.07, 6.45) is 3.48. The van der Waals surface area contributed by atoms with Gasteiger partial charge in [0.05, 0.1) is 12.0 Å². The molecule has 0 atom stereocenters. The summed E-state index contributed by atoms with van der Waals surface area (Å²) >= 11 is 1.80. The lowest BCUT2D eigenvalue weighted by Gasteiger charge is -2.25. The zero-order valence-corrected chi connectivity index (χ0v) is 12.5. The molecule has 3 rings (SSSR count). The van der Waals surface area contributed by atoms with Crippen LogP contribution in [0.1, 0.15) is 5.69 Å². The average molecular weight is 277 g/mol. The lowest BCUT2D eigenvalue weighted by molar-refractivity contribution is 1.00. The third kappa shape index (κ3) is 1.87. The molecule has 3 aliphatic rings. The van der Waals surface area contributed by atoms with Gasteiger partial charge in [-0.15, -0.1) is 11.8 Å². The van der Waals surface area contributed by atoms with Crippen LogP contribution in [0.5, 0.6) is 0 Å². The first-order valence-corrected chi connectivity index (χ1v) is 10.4. The van der Waals surface area contributed by atoms with E-state index < -0.39 is 8.24 Å². The van der Waals surface area contributed by atoms with E-state index in [4.69, 9.17) is 0 Å². The normalized spacial score (nSPS) is 16.3. The number of rotatable bonds is 2. The van der Waals surface area contributed by atoms with Gasteiger partial charge in [-0.05, 0) is 0 Å². The molecule has 0 unspecified atom stereocenters. The zero-order chi connectivity index (χ0) is 12.8. The molecule has 0 N–H and O–H groups in total. The van der Waals surface area contributed by atoms with E-state index in [-0.39, 0.29) is 0 Å². The molecule has 18 heavy (non-hydrogen) atoms. The SMILES string of the molecule is C[Si](C)(C)n1cnc2ncnc-2c1C1=NCCS1. The van der Waals surface area contributed by atoms with Crippen LogP contribution in [0, 0.1) is 0 Å². The molecule has 0 saturated heterocycles. The van der Waals surface area contributed by atoms with Crippen molar-refractivity contribution >= 4 is 25.0 Å². The standard InChI is InChI=1S/C11H15N5SSi/c1-18(2,3)16-7-15-10-8(13-6-14-10)9(16)11-12-4-5-17-11/h6-7H,4-5H2,1-3H3. The highest BCUT2D eigenvalue weighted by Crippen LogP contribution is 2.28. The van der Waals surface area contributed by atoms with Gasteiger partial charge in [0.15, 0.2) is 14.1 Å². The Hall–Kier alpha value is -1.21. The molecule has 3 aliphatic heterocycles. The Bertz CT molecular complexity index is 586. The predicted molar refractivity (Wildman–Crippen MR) is 77.0 cm³/mol. The van der Waals surface area contributed by atoms with E-state index in [0.717, 1.165) is 34.6 Å². The minimum Gasteiger partial charge on any atom is -0.357 e. The Kier molecular flexibility index (Phi) is 2.74. The quantitative estimate of drug-likeness (QED) is 0.787. The molecule has 0 aliphatic carbocycles. The molecule has 0 bridgehead atoms. The Morgan fingerprint density at radius 1 is 1.22 bits per heavy atom. The molecular formula is C11H15N5SSi. The molecule has 0 saturated carbocycles. The predicted octanol–water partition coefficient (Wildman–Crippen LogP) is 1.95. The number of nitrogens with zero attached hydrogens (tertiary/aromatic N) is 5. The molecule has 7 heteroatoms. The molecular weight excluding hydrogens is 262 g/mol. The molecule has 94 valence electrons. The number of aliphatic imine (C=N–C) groups is 1. The van der Waals surface area contributed by atoms with Gasteiger partial charge in [-0.2, -0.15) is 0 Å². The third-order valence-electron chi connectivity index (χ3n) is 2.85. The number of aromatic nitrogens is 4. The second kappa shape index (κ2) is 4.17. The minimum atomic E-state index is -1.54. The number of hydrogen-bond donors (Lipinski definition) is 0. The zero-order valence-electron chi connectivity index (χ0n) is 10.7. The van der Waals surface area contributed by atoms with Crippen molar-refractivity contribution in [2.45, 2.75) is 19.6 Å². The van der Waals surface area contributed by atoms with Crippen LogP contribution >= 0.6 is 11.8 Å². The van der Waals surface area contributed by atoms with E-state index in [1.807, 2.05) is 6.33 Å². The van der Waals surface area contributed by atoms with Crippen LogP contribution in [-0.4, -0.2) is 44.8 Å². The van der Waals surface area contributed by atoms with Crippen molar-refractivity contribution in [3.8, 4) is 11.5 Å². The molecule has 0 spiro atoms. The van der Waals surface area contributed by atoms with Crippen molar-refractivity contribution in [1.82, 2.24) is 19.2 Å². The van der Waals surface area contributed by atoms with Gasteiger partial charge in [-0.3, -0.25) is 4.99 Å². The smallest absolute Gasteiger partial charge is 0.183 e. The maximum Gasteiger partial charge on any atom is 0.183 e. The number of fused-ring (bicyclic) bond motifs is 1. The second-order valence-corrected chi connectivity index (χ2v) is 11.1. The third-order valence-corrected chi connectivity index (χ3v) is 5.62. The lowest BCUT2D eigenvalue weighted by atomic mass is 10.3. The Balaban J connectivity index is 2.28. The average Bonchev–Trinajstić information content (AvgIpc) is 2.97. The van der Waals surface area contributed by atoms with Gasteiger partial charge in [-0.1, -0.05) is 19.6 Å². The topological polar surface area (TPSA) is 56.0 Å². The molecule has 3 heterocycles. The summed E-state index contributed by atoms with van der Waals surface area (Å²) < 4.78 is 2.28. The Labute approximate surface area is 111 Å². The van der Waals surface area contributed by atoms with Gasteiger partial charge >= 0.3 is 0 Å². The Morgan fingerprint density at radius 2 is 2.06 bits per heavy atom. The fourth-order valence-corrected chi connectivity index (χ4v) is 4.26. The molecule has 0 aromatic rings. The first-order chi connectivity index (χ1) is 8.57. The second-order valence-electron chi connectivity index (χ2n) is 5.22. The van der Waals surface area contributed by atoms with E-state index in [1.54, 1.807) is 18.1 Å². The van der Waals surface area contributed by atoms with E-state index >= 15 is 0 Å². The number of thioether (sulfide) groups is 1. The molecule has 0 amide bonds. The highest BCUT2D eigenvalue weighted by atomic mass is 32.2. The van der Waals surface area contributed by atoms with Gasteiger partial charge < -0.3 is 4.23 Å². The summed E-state index contributed by atoms with van der Waals surface area (Å²) in [7, 11) is -1.54. The molecule has 5 nitrogen and oxygen atoms in total. The van der Waals surface area contributed by atoms with Gasteiger partial charge in [0.1, 0.15) is 17.1 Å². The van der Waals surface area contributed by atoms with Crippen LogP contribution in [0.3, 0.4) is 0 Å². The van der Waals surface area contributed by atoms with Crippen LogP contribution in [0.2, 0.25) is 19.6 Å². The summed E-state index contributed by atoms with van der Waals surface area (Å²) in [4.78, 5) is 17.6. The maximum absolute atomic E-state index is 4.60. The van der Waals surface area contributed by atoms with Gasteiger partial charge in [0, 0.05) is 12.3 Å². The first kappa shape index (κ1) is 11.9. The summed E-state index contributed by atoms with van der Waals surface area (Å²) in [6.45, 7) is 7.77. The highest BCUT2D eigenvalue weighted by molar-refractivity contribution is 8.14. The Morgan fingerprint density at radius 3 is 2.72 bits per heavy atom. The summed E-state index contributed by atoms with van der Waals surface area (Å²) in [5.74, 6) is 1.77. The van der Waals surface area contributed by atoms with Gasteiger partial charge in [-0.25, -0.2) is 15.0 Å². The fourth-order valence-electron chi connectivity index (χ4n) is 2.00. The van der Waals surface area contributed by atoms with E-state index in [2.05, 4.69) is 43.8 Å². The van der Waals surface area contributed by atoms with Crippen LogP contribution in [0.15, 0.2) is 17.6 Å². The van der Waals surface area contributed by atoms with E-state index in [0.29, 0.717) is 0 Å². The van der Waals surface area contributed by atoms with Crippen LogP contribution in [0.25, 0.3) is 11.5 Å². The number of hydrogen-bond acceptors (Lipinski definition) is 5. The molecule has 0 aromatic heterocycles. The number of imidazole rings is 1. The fraction of sp³-hybridized carbons (Fsp3) is 0.455. The monoisotopic (exact) mass is 277 g/mol. The van der Waals surface area contributed by atoms with Crippen molar-refractivity contribution in [1.29, 1.82) is 0 Å². The maximum atomic E-state index is 4.60. The van der Waals surface area contributed by atoms with Crippen molar-refractivity contribution in [3.63, 3.8) is 0 Å². The van der Waals surface area contributed by atoms with Crippen molar-refractivity contribution < 1.29 is 0 Å². The molecule has 0 aromatic carbocycles. The van der Waals surface area contributed by atoms with Crippen LogP contribution < -0.4 is 0 Å². The van der Waals surface area contributed by atoms with Crippen LogP contribution in [-0.2, 0) is 0 Å². The lowest BCUT2D eigenvalue weighted by Crippen LogP contribution is -2.36. The summed E-state index contributed by atoms with van der Waals surface area (Å²) in [5, 5.41) is 1.09.